The topological polar surface area (TPSA) is 49.6 Å². The summed E-state index contributed by atoms with van der Waals surface area (Å²) in [5.41, 5.74) is 6.07. The van der Waals surface area contributed by atoms with Crippen molar-refractivity contribution in [2.24, 2.45) is 5.73 Å². The van der Waals surface area contributed by atoms with Crippen LogP contribution in [0, 0.1) is 0 Å². The minimum absolute atomic E-state index is 0.0430. The van der Waals surface area contributed by atoms with Gasteiger partial charge in [0, 0.05) is 31.1 Å². The fraction of sp³-hybridized carbons (Fsp3) is 0.667. The molecule has 0 radical (unpaired) electrons. The van der Waals surface area contributed by atoms with Crippen molar-refractivity contribution in [3.8, 4) is 0 Å². The van der Waals surface area contributed by atoms with Crippen molar-refractivity contribution in [1.29, 1.82) is 0 Å². The van der Waals surface area contributed by atoms with Crippen LogP contribution in [0.1, 0.15) is 37.1 Å². The molecule has 0 aliphatic carbocycles. The van der Waals surface area contributed by atoms with Gasteiger partial charge in [0.25, 0.3) is 0 Å². The Balaban J connectivity index is 1.88. The van der Waals surface area contributed by atoms with Gasteiger partial charge in [-0.25, -0.2) is 0 Å². The van der Waals surface area contributed by atoms with Crippen molar-refractivity contribution in [3.63, 3.8) is 0 Å². The third-order valence-corrected chi connectivity index (χ3v) is 5.06. The van der Waals surface area contributed by atoms with Crippen molar-refractivity contribution >= 4 is 17.2 Å². The highest BCUT2D eigenvalue weighted by molar-refractivity contribution is 7.10. The molecule has 1 aliphatic rings. The number of likely N-dealkylation sites (N-methyl/N-ethyl adjacent to an activating group) is 1. The van der Waals surface area contributed by atoms with Gasteiger partial charge < -0.3 is 15.5 Å². The van der Waals surface area contributed by atoms with Crippen molar-refractivity contribution in [3.05, 3.63) is 22.4 Å². The Labute approximate surface area is 125 Å². The highest BCUT2D eigenvalue weighted by Crippen LogP contribution is 2.22. The molecule has 4 nitrogen and oxygen atoms in total. The number of carbonyl (C=O) groups excluding carboxylic acids is 1. The van der Waals surface area contributed by atoms with E-state index in [1.807, 2.05) is 29.5 Å². The molecule has 2 heterocycles. The number of thiophene rings is 1. The molecule has 1 fully saturated rings. The zero-order valence-corrected chi connectivity index (χ0v) is 13.2. The lowest BCUT2D eigenvalue weighted by atomic mass is 10.0. The average Bonchev–Trinajstić information content (AvgIpc) is 3.00. The summed E-state index contributed by atoms with van der Waals surface area (Å²) in [6.45, 7) is 5.55. The van der Waals surface area contributed by atoms with E-state index in [-0.39, 0.29) is 5.91 Å². The van der Waals surface area contributed by atoms with Gasteiger partial charge in [-0.15, -0.1) is 11.3 Å². The van der Waals surface area contributed by atoms with Crippen LogP contribution in [-0.4, -0.2) is 48.4 Å². The lowest BCUT2D eigenvalue weighted by Gasteiger charge is -2.37. The van der Waals surface area contributed by atoms with Gasteiger partial charge >= 0.3 is 0 Å². The standard InChI is InChI=1S/C15H25N3OS/c1-3-8-18-9-6-12(7-10-18)17(2)15(19)14(16)13-5-4-11-20-13/h4-5,11-12,14H,3,6-10,16H2,1-2H3. The molecule has 0 saturated carbocycles. The van der Waals surface area contributed by atoms with Gasteiger partial charge in [0.15, 0.2) is 0 Å². The number of hydrogen-bond donors (Lipinski definition) is 1. The molecule has 112 valence electrons. The molecule has 2 N–H and O–H groups in total. The second-order valence-corrected chi connectivity index (χ2v) is 6.49. The maximum Gasteiger partial charge on any atom is 0.244 e. The summed E-state index contributed by atoms with van der Waals surface area (Å²) in [5.74, 6) is 0.0430. The molecule has 1 amide bonds. The van der Waals surface area contributed by atoms with Gasteiger partial charge in [0.1, 0.15) is 6.04 Å². The number of hydrogen-bond acceptors (Lipinski definition) is 4. The Morgan fingerprint density at radius 1 is 1.55 bits per heavy atom. The second-order valence-electron chi connectivity index (χ2n) is 5.52. The third kappa shape index (κ3) is 3.59. The summed E-state index contributed by atoms with van der Waals surface area (Å²) < 4.78 is 0. The molecule has 1 saturated heterocycles. The Hall–Kier alpha value is -0.910. The van der Waals surface area contributed by atoms with E-state index in [9.17, 15) is 4.79 Å². The Morgan fingerprint density at radius 3 is 2.80 bits per heavy atom. The third-order valence-electron chi connectivity index (χ3n) is 4.11. The SMILES string of the molecule is CCCN1CCC(N(C)C(=O)C(N)c2cccs2)CC1. The lowest BCUT2D eigenvalue weighted by molar-refractivity contribution is -0.134. The molecular formula is C15H25N3OS. The molecule has 5 heteroatoms. The molecule has 0 bridgehead atoms. The molecule has 1 aromatic heterocycles. The smallest absolute Gasteiger partial charge is 0.244 e. The van der Waals surface area contributed by atoms with Crippen LogP contribution in [0.5, 0.6) is 0 Å². The minimum atomic E-state index is -0.506. The quantitative estimate of drug-likeness (QED) is 0.905. The summed E-state index contributed by atoms with van der Waals surface area (Å²) in [6.07, 6.45) is 3.31. The van der Waals surface area contributed by atoms with Crippen LogP contribution in [0.15, 0.2) is 17.5 Å². The van der Waals surface area contributed by atoms with Crippen molar-refractivity contribution in [2.75, 3.05) is 26.7 Å². The number of likely N-dealkylation sites (tertiary alicyclic amines) is 1. The molecule has 20 heavy (non-hydrogen) atoms. The Morgan fingerprint density at radius 2 is 2.25 bits per heavy atom. The molecule has 1 aliphatic heterocycles. The summed E-state index contributed by atoms with van der Waals surface area (Å²) >= 11 is 1.55. The molecule has 1 unspecified atom stereocenters. The number of amides is 1. The first-order chi connectivity index (χ1) is 9.63. The predicted octanol–water partition coefficient (Wildman–Crippen LogP) is 2.08. The maximum absolute atomic E-state index is 12.4. The van der Waals surface area contributed by atoms with Gasteiger partial charge in [0.2, 0.25) is 5.91 Å². The number of nitrogens with two attached hydrogens (primary N) is 1. The van der Waals surface area contributed by atoms with E-state index in [1.54, 1.807) is 11.3 Å². The first kappa shape index (κ1) is 15.5. The van der Waals surface area contributed by atoms with Crippen molar-refractivity contribution in [2.45, 2.75) is 38.3 Å². The van der Waals surface area contributed by atoms with E-state index < -0.39 is 6.04 Å². The zero-order chi connectivity index (χ0) is 14.5. The van der Waals surface area contributed by atoms with Gasteiger partial charge in [-0.1, -0.05) is 13.0 Å². The second kappa shape index (κ2) is 7.20. The minimum Gasteiger partial charge on any atom is -0.341 e. The summed E-state index contributed by atoms with van der Waals surface area (Å²) in [5, 5.41) is 1.96. The molecule has 0 spiro atoms. The highest BCUT2D eigenvalue weighted by atomic mass is 32.1. The van der Waals surface area contributed by atoms with Gasteiger partial charge in [-0.2, -0.15) is 0 Å². The van der Waals surface area contributed by atoms with Crippen LogP contribution in [0.3, 0.4) is 0 Å². The van der Waals surface area contributed by atoms with Crippen LogP contribution in [0.25, 0.3) is 0 Å². The van der Waals surface area contributed by atoms with E-state index >= 15 is 0 Å². The van der Waals surface area contributed by atoms with Gasteiger partial charge in [-0.05, 0) is 37.3 Å². The fourth-order valence-corrected chi connectivity index (χ4v) is 3.55. The molecule has 1 atom stereocenters. The monoisotopic (exact) mass is 295 g/mol. The van der Waals surface area contributed by atoms with E-state index in [0.29, 0.717) is 6.04 Å². The van der Waals surface area contributed by atoms with Gasteiger partial charge in [-0.3, -0.25) is 4.79 Å². The summed E-state index contributed by atoms with van der Waals surface area (Å²) in [7, 11) is 1.90. The highest BCUT2D eigenvalue weighted by Gasteiger charge is 2.28. The van der Waals surface area contributed by atoms with Gasteiger partial charge in [0.05, 0.1) is 0 Å². The van der Waals surface area contributed by atoms with Crippen LogP contribution in [0.2, 0.25) is 0 Å². The number of rotatable bonds is 5. The van der Waals surface area contributed by atoms with Crippen LogP contribution >= 0.6 is 11.3 Å². The first-order valence-corrected chi connectivity index (χ1v) is 8.29. The maximum atomic E-state index is 12.4. The first-order valence-electron chi connectivity index (χ1n) is 7.41. The number of piperidine rings is 1. The average molecular weight is 295 g/mol. The molecule has 0 aromatic carbocycles. The van der Waals surface area contributed by atoms with E-state index in [1.165, 1.54) is 13.0 Å². The fourth-order valence-electron chi connectivity index (χ4n) is 2.84. The molecular weight excluding hydrogens is 270 g/mol. The van der Waals surface area contributed by atoms with E-state index in [2.05, 4.69) is 11.8 Å². The molecule has 1 aromatic rings. The zero-order valence-electron chi connectivity index (χ0n) is 12.4. The Kier molecular flexibility index (Phi) is 5.57. The normalized spacial score (nSPS) is 18.9. The summed E-state index contributed by atoms with van der Waals surface area (Å²) in [4.78, 5) is 17.7. The summed E-state index contributed by atoms with van der Waals surface area (Å²) in [6, 6.07) is 3.71. The van der Waals surface area contributed by atoms with Crippen molar-refractivity contribution in [1.82, 2.24) is 9.80 Å². The van der Waals surface area contributed by atoms with Crippen LogP contribution in [0.4, 0.5) is 0 Å². The lowest BCUT2D eigenvalue weighted by Crippen LogP contribution is -2.48. The van der Waals surface area contributed by atoms with Crippen LogP contribution < -0.4 is 5.73 Å². The predicted molar refractivity (Wildman–Crippen MR) is 83.8 cm³/mol. The largest absolute Gasteiger partial charge is 0.341 e. The van der Waals surface area contributed by atoms with Crippen LogP contribution in [-0.2, 0) is 4.79 Å². The number of nitrogens with zero attached hydrogens (tertiary/aromatic N) is 2. The Bertz CT molecular complexity index is 413. The molecule has 2 rings (SSSR count). The van der Waals surface area contributed by atoms with Crippen molar-refractivity contribution < 1.29 is 4.79 Å². The van der Waals surface area contributed by atoms with E-state index in [4.69, 9.17) is 5.73 Å². The number of carbonyl (C=O) groups is 1. The van der Waals surface area contributed by atoms with E-state index in [0.717, 1.165) is 30.8 Å².